The van der Waals surface area contributed by atoms with Gasteiger partial charge in [0.05, 0.1) is 26.2 Å². The number of hydrogen-bond donors (Lipinski definition) is 9. The minimum atomic E-state index is -1.68. The summed E-state index contributed by atoms with van der Waals surface area (Å²) in [7, 11) is 0. The number of nitrogens with two attached hydrogens (primary N) is 2. The molecule has 0 aliphatic carbocycles. The van der Waals surface area contributed by atoms with Crippen LogP contribution in [0.25, 0.3) is 0 Å². The summed E-state index contributed by atoms with van der Waals surface area (Å²) < 4.78 is 0. The van der Waals surface area contributed by atoms with E-state index in [1.54, 1.807) is 0 Å². The van der Waals surface area contributed by atoms with Crippen molar-refractivity contribution in [1.29, 1.82) is 0 Å². The van der Waals surface area contributed by atoms with Crippen LogP contribution < -0.4 is 27.4 Å². The number of aliphatic hydroxyl groups is 3. The number of carbonyl (C=O) groups is 5. The van der Waals surface area contributed by atoms with E-state index in [0.717, 1.165) is 0 Å². The second kappa shape index (κ2) is 11.7. The van der Waals surface area contributed by atoms with E-state index >= 15 is 0 Å². The van der Waals surface area contributed by atoms with E-state index in [1.165, 1.54) is 0 Å². The smallest absolute Gasteiger partial charge is 0.326 e. The van der Waals surface area contributed by atoms with E-state index in [0.29, 0.717) is 0 Å². The van der Waals surface area contributed by atoms with Gasteiger partial charge in [0.2, 0.25) is 23.6 Å². The van der Waals surface area contributed by atoms with Gasteiger partial charge in [-0.05, 0) is 0 Å². The Kier molecular flexibility index (Phi) is 10.5. The normalized spacial score (nSPS) is 15.0. The summed E-state index contributed by atoms with van der Waals surface area (Å²) in [5.41, 5.74) is 10.1. The average Bonchev–Trinajstić information content (AvgIpc) is 2.61. The molecular formula is C13H23N5O9. The molecule has 4 atom stereocenters. The van der Waals surface area contributed by atoms with Gasteiger partial charge in [-0.25, -0.2) is 4.79 Å². The van der Waals surface area contributed by atoms with Gasteiger partial charge in [-0.2, -0.15) is 0 Å². The Hall–Kier alpha value is -2.81. The van der Waals surface area contributed by atoms with Crippen LogP contribution in [0.3, 0.4) is 0 Å². The molecule has 0 radical (unpaired) electrons. The third kappa shape index (κ3) is 8.41. The number of primary amides is 1. The fraction of sp³-hybridized carbons (Fsp3) is 0.615. The van der Waals surface area contributed by atoms with Crippen LogP contribution in [0.5, 0.6) is 0 Å². The Morgan fingerprint density at radius 1 is 0.741 bits per heavy atom. The van der Waals surface area contributed by atoms with E-state index in [4.69, 9.17) is 21.7 Å². The summed E-state index contributed by atoms with van der Waals surface area (Å²) in [6.45, 7) is -2.57. The molecule has 11 N–H and O–H groups in total. The van der Waals surface area contributed by atoms with Crippen molar-refractivity contribution in [2.75, 3.05) is 19.8 Å². The predicted octanol–water partition coefficient (Wildman–Crippen LogP) is -6.29. The Balaban J connectivity index is 4.98. The Morgan fingerprint density at radius 2 is 1.15 bits per heavy atom. The molecule has 14 heteroatoms. The molecule has 14 nitrogen and oxygen atoms in total. The van der Waals surface area contributed by atoms with Crippen LogP contribution in [0.4, 0.5) is 0 Å². The van der Waals surface area contributed by atoms with Gasteiger partial charge in [-0.15, -0.1) is 0 Å². The molecule has 4 amide bonds. The Bertz CT molecular complexity index is 570. The highest BCUT2D eigenvalue weighted by Crippen LogP contribution is 1.95. The summed E-state index contributed by atoms with van der Waals surface area (Å²) >= 11 is 0. The molecule has 0 aliphatic rings. The van der Waals surface area contributed by atoms with Crippen molar-refractivity contribution in [1.82, 2.24) is 16.0 Å². The number of hydrogen-bond acceptors (Lipinski definition) is 9. The summed E-state index contributed by atoms with van der Waals surface area (Å²) in [4.78, 5) is 57.3. The van der Waals surface area contributed by atoms with E-state index in [2.05, 4.69) is 0 Å². The molecule has 27 heavy (non-hydrogen) atoms. The lowest BCUT2D eigenvalue weighted by Crippen LogP contribution is -2.59. The lowest BCUT2D eigenvalue weighted by molar-refractivity contribution is -0.144. The van der Waals surface area contributed by atoms with Crippen molar-refractivity contribution >= 4 is 29.6 Å². The van der Waals surface area contributed by atoms with Crippen molar-refractivity contribution < 1.29 is 44.4 Å². The molecule has 0 aromatic carbocycles. The molecule has 0 aromatic heterocycles. The van der Waals surface area contributed by atoms with Gasteiger partial charge in [0.25, 0.3) is 0 Å². The van der Waals surface area contributed by atoms with Crippen LogP contribution in [-0.2, 0) is 24.0 Å². The second-order valence-corrected chi connectivity index (χ2v) is 5.35. The average molecular weight is 393 g/mol. The molecule has 0 fully saturated rings. The minimum Gasteiger partial charge on any atom is -0.480 e. The molecule has 0 bridgehead atoms. The van der Waals surface area contributed by atoms with Gasteiger partial charge in [-0.3, -0.25) is 19.2 Å². The molecule has 0 saturated heterocycles. The molecule has 0 aromatic rings. The number of aliphatic hydroxyl groups excluding tert-OH is 3. The molecule has 0 spiro atoms. The quantitative estimate of drug-likeness (QED) is 0.151. The summed E-state index contributed by atoms with van der Waals surface area (Å²) in [6, 6.07) is -6.24. The van der Waals surface area contributed by atoms with Crippen LogP contribution in [0.2, 0.25) is 0 Å². The van der Waals surface area contributed by atoms with Crippen LogP contribution >= 0.6 is 0 Å². The first kappa shape index (κ1) is 24.2. The highest BCUT2D eigenvalue weighted by Gasteiger charge is 2.30. The topological polar surface area (TPSA) is 254 Å². The number of rotatable bonds is 12. The first-order valence-electron chi connectivity index (χ1n) is 7.57. The number of carboxylic acid groups (broad SMARTS) is 1. The van der Waals surface area contributed by atoms with Crippen molar-refractivity contribution in [2.24, 2.45) is 11.5 Å². The predicted molar refractivity (Wildman–Crippen MR) is 86.5 cm³/mol. The van der Waals surface area contributed by atoms with Gasteiger partial charge < -0.3 is 47.8 Å². The monoisotopic (exact) mass is 393 g/mol. The van der Waals surface area contributed by atoms with Gasteiger partial charge >= 0.3 is 5.97 Å². The molecule has 0 rings (SSSR count). The van der Waals surface area contributed by atoms with Crippen molar-refractivity contribution in [3.05, 3.63) is 0 Å². The third-order valence-electron chi connectivity index (χ3n) is 3.18. The van der Waals surface area contributed by atoms with Gasteiger partial charge in [-0.1, -0.05) is 0 Å². The molecule has 4 unspecified atom stereocenters. The lowest BCUT2D eigenvalue weighted by atomic mass is 10.1. The summed E-state index contributed by atoms with van der Waals surface area (Å²) in [5.74, 6) is -5.76. The zero-order valence-corrected chi connectivity index (χ0v) is 14.1. The van der Waals surface area contributed by atoms with E-state index in [1.807, 2.05) is 16.0 Å². The molecular weight excluding hydrogens is 370 g/mol. The highest BCUT2D eigenvalue weighted by molar-refractivity contribution is 5.95. The first-order chi connectivity index (χ1) is 12.6. The second-order valence-electron chi connectivity index (χ2n) is 5.35. The lowest BCUT2D eigenvalue weighted by Gasteiger charge is -2.22. The molecule has 0 aliphatic heterocycles. The number of carboxylic acids is 1. The SMILES string of the molecule is NC(=O)CC(NC(=O)C(CO)NC(=O)C(CO)NC(=O)C(N)CO)C(=O)O. The number of carbonyl (C=O) groups excluding carboxylic acids is 4. The third-order valence-corrected chi connectivity index (χ3v) is 3.18. The minimum absolute atomic E-state index is 0.719. The standard InChI is InChI=1S/C13H23N5O9/c14-5(2-19)10(23)17-7(3-20)12(25)18-8(4-21)11(24)16-6(13(26)27)1-9(15)22/h5-8,19-21H,1-4,14H2,(H2,15,22)(H,16,24)(H,17,23)(H,18,25)(H,26,27). The van der Waals surface area contributed by atoms with Gasteiger partial charge in [0.1, 0.15) is 24.2 Å². The largest absolute Gasteiger partial charge is 0.480 e. The summed E-state index contributed by atoms with van der Waals surface area (Å²) in [6.07, 6.45) is -0.721. The molecule has 154 valence electrons. The van der Waals surface area contributed by atoms with Crippen LogP contribution in [0.1, 0.15) is 6.42 Å². The van der Waals surface area contributed by atoms with E-state index in [9.17, 15) is 34.2 Å². The maximum atomic E-state index is 12.0. The van der Waals surface area contributed by atoms with Crippen LogP contribution in [0, 0.1) is 0 Å². The van der Waals surface area contributed by atoms with E-state index < -0.39 is 80.0 Å². The molecule has 0 heterocycles. The number of amides is 4. The van der Waals surface area contributed by atoms with Crippen LogP contribution in [-0.4, -0.2) is 94.0 Å². The summed E-state index contributed by atoms with van der Waals surface area (Å²) in [5, 5.41) is 42.0. The number of aliphatic carboxylic acids is 1. The maximum Gasteiger partial charge on any atom is 0.326 e. The Labute approximate surface area is 152 Å². The zero-order chi connectivity index (χ0) is 21.1. The number of nitrogens with one attached hydrogen (secondary N) is 3. The zero-order valence-electron chi connectivity index (χ0n) is 14.1. The highest BCUT2D eigenvalue weighted by atomic mass is 16.4. The fourth-order valence-electron chi connectivity index (χ4n) is 1.70. The van der Waals surface area contributed by atoms with Crippen molar-refractivity contribution in [3.63, 3.8) is 0 Å². The van der Waals surface area contributed by atoms with Crippen molar-refractivity contribution in [3.8, 4) is 0 Å². The molecule has 0 saturated carbocycles. The van der Waals surface area contributed by atoms with Gasteiger partial charge in [0, 0.05) is 0 Å². The fourth-order valence-corrected chi connectivity index (χ4v) is 1.70. The van der Waals surface area contributed by atoms with E-state index in [-0.39, 0.29) is 0 Å². The van der Waals surface area contributed by atoms with Crippen molar-refractivity contribution in [2.45, 2.75) is 30.6 Å². The first-order valence-corrected chi connectivity index (χ1v) is 7.57. The van der Waals surface area contributed by atoms with Crippen LogP contribution in [0.15, 0.2) is 0 Å². The van der Waals surface area contributed by atoms with Gasteiger partial charge in [0.15, 0.2) is 0 Å². The maximum absolute atomic E-state index is 12.0. The Morgan fingerprint density at radius 3 is 1.48 bits per heavy atom.